The van der Waals surface area contributed by atoms with Gasteiger partial charge in [0.05, 0.1) is 16.2 Å². The van der Waals surface area contributed by atoms with Gasteiger partial charge < -0.3 is 15.8 Å². The molecule has 0 radical (unpaired) electrons. The van der Waals surface area contributed by atoms with Crippen LogP contribution in [-0.4, -0.2) is 23.4 Å². The number of hydrogen-bond acceptors (Lipinski definition) is 6. The van der Waals surface area contributed by atoms with Gasteiger partial charge in [-0.3, -0.25) is 14.9 Å². The van der Waals surface area contributed by atoms with Crippen molar-refractivity contribution < 1.29 is 19.2 Å². The molecule has 0 spiro atoms. The van der Waals surface area contributed by atoms with Gasteiger partial charge in [-0.25, -0.2) is 4.79 Å². The summed E-state index contributed by atoms with van der Waals surface area (Å²) in [5.41, 5.74) is 7.80. The highest BCUT2D eigenvalue weighted by Gasteiger charge is 2.15. The Kier molecular flexibility index (Phi) is 5.33. The molecule has 130 valence electrons. The van der Waals surface area contributed by atoms with E-state index in [-0.39, 0.29) is 16.9 Å². The second-order valence-corrected chi connectivity index (χ2v) is 5.42. The van der Waals surface area contributed by atoms with E-state index in [0.717, 1.165) is 5.56 Å². The van der Waals surface area contributed by atoms with Gasteiger partial charge in [0.15, 0.2) is 6.61 Å². The number of nitro benzene ring substituents is 1. The molecule has 0 bridgehead atoms. The molecule has 8 nitrogen and oxygen atoms in total. The minimum absolute atomic E-state index is 0.148. The molecule has 0 heterocycles. The first-order chi connectivity index (χ1) is 11.8. The topological polar surface area (TPSA) is 125 Å². The fourth-order valence-electron chi connectivity index (χ4n) is 2.11. The Bertz CT molecular complexity index is 848. The lowest BCUT2D eigenvalue weighted by Gasteiger charge is -2.10. The van der Waals surface area contributed by atoms with Crippen LogP contribution >= 0.6 is 0 Å². The molecule has 2 aromatic rings. The fraction of sp³-hybridized carbons (Fsp3) is 0.176. The lowest BCUT2D eigenvalue weighted by molar-refractivity contribution is -0.384. The second kappa shape index (κ2) is 7.43. The number of carbonyl (C=O) groups excluding carboxylic acids is 2. The molecule has 0 saturated heterocycles. The number of nitrogen functional groups attached to an aromatic ring is 1. The summed E-state index contributed by atoms with van der Waals surface area (Å²) in [4.78, 5) is 34.2. The summed E-state index contributed by atoms with van der Waals surface area (Å²) in [5, 5.41) is 13.3. The molecule has 25 heavy (non-hydrogen) atoms. The third kappa shape index (κ3) is 4.31. The Hall–Kier alpha value is -3.42. The number of para-hydroxylation sites is 1. The maximum absolute atomic E-state index is 12.0. The van der Waals surface area contributed by atoms with Crippen LogP contribution in [0.5, 0.6) is 0 Å². The average Bonchev–Trinajstić information content (AvgIpc) is 2.57. The fourth-order valence-corrected chi connectivity index (χ4v) is 2.11. The van der Waals surface area contributed by atoms with Crippen LogP contribution < -0.4 is 11.1 Å². The predicted molar refractivity (Wildman–Crippen MR) is 92.3 cm³/mol. The zero-order chi connectivity index (χ0) is 18.6. The van der Waals surface area contributed by atoms with E-state index in [1.54, 1.807) is 26.0 Å². The van der Waals surface area contributed by atoms with Crippen molar-refractivity contribution in [2.75, 3.05) is 17.7 Å². The largest absolute Gasteiger partial charge is 0.452 e. The number of aryl methyl sites for hydroxylation is 2. The quantitative estimate of drug-likeness (QED) is 0.372. The van der Waals surface area contributed by atoms with E-state index in [4.69, 9.17) is 10.5 Å². The minimum Gasteiger partial charge on any atom is -0.452 e. The third-order valence-corrected chi connectivity index (χ3v) is 3.58. The molecule has 3 N–H and O–H groups in total. The molecule has 0 aliphatic carbocycles. The number of nitrogens with one attached hydrogen (secondary N) is 1. The number of nitrogens with zero attached hydrogens (tertiary/aromatic N) is 1. The van der Waals surface area contributed by atoms with Crippen molar-refractivity contribution in [3.63, 3.8) is 0 Å². The lowest BCUT2D eigenvalue weighted by Crippen LogP contribution is -2.22. The first kappa shape index (κ1) is 17.9. The summed E-state index contributed by atoms with van der Waals surface area (Å²) in [5.74, 6) is -1.32. The lowest BCUT2D eigenvalue weighted by atomic mass is 10.1. The number of nitrogens with two attached hydrogens (primary N) is 1. The number of ether oxygens (including phenoxy) is 1. The van der Waals surface area contributed by atoms with Crippen molar-refractivity contribution in [3.8, 4) is 0 Å². The minimum atomic E-state index is -0.716. The van der Waals surface area contributed by atoms with Gasteiger partial charge in [-0.15, -0.1) is 0 Å². The Morgan fingerprint density at radius 3 is 2.60 bits per heavy atom. The Morgan fingerprint density at radius 2 is 1.92 bits per heavy atom. The number of carbonyl (C=O) groups is 2. The van der Waals surface area contributed by atoms with Gasteiger partial charge in [0.25, 0.3) is 11.6 Å². The molecule has 0 saturated carbocycles. The van der Waals surface area contributed by atoms with E-state index in [1.807, 2.05) is 0 Å². The third-order valence-electron chi connectivity index (χ3n) is 3.58. The Labute approximate surface area is 143 Å². The molecule has 0 aliphatic heterocycles. The van der Waals surface area contributed by atoms with Crippen molar-refractivity contribution in [2.24, 2.45) is 0 Å². The molecule has 0 fully saturated rings. The molecule has 2 rings (SSSR count). The van der Waals surface area contributed by atoms with Gasteiger partial charge in [0, 0.05) is 17.8 Å². The number of anilines is 2. The van der Waals surface area contributed by atoms with Crippen LogP contribution in [0.15, 0.2) is 36.4 Å². The molecular formula is C17H17N3O5. The van der Waals surface area contributed by atoms with Crippen molar-refractivity contribution in [3.05, 3.63) is 63.2 Å². The van der Waals surface area contributed by atoms with Gasteiger partial charge in [0.1, 0.15) is 0 Å². The number of nitro groups is 1. The van der Waals surface area contributed by atoms with E-state index in [1.165, 1.54) is 24.3 Å². The predicted octanol–water partition coefficient (Wildman–Crippen LogP) is 2.59. The Morgan fingerprint density at radius 1 is 1.20 bits per heavy atom. The van der Waals surface area contributed by atoms with E-state index >= 15 is 0 Å². The SMILES string of the molecule is Cc1ccc([N+](=O)[O-])cc1NC(=O)COC(=O)c1cccc(C)c1N. The highest BCUT2D eigenvalue weighted by molar-refractivity contribution is 5.98. The Balaban J connectivity index is 2.01. The molecule has 0 aromatic heterocycles. The highest BCUT2D eigenvalue weighted by Crippen LogP contribution is 2.22. The number of esters is 1. The first-order valence-electron chi connectivity index (χ1n) is 7.36. The van der Waals surface area contributed by atoms with Crippen molar-refractivity contribution in [2.45, 2.75) is 13.8 Å². The van der Waals surface area contributed by atoms with Crippen LogP contribution in [0.2, 0.25) is 0 Å². The number of benzene rings is 2. The molecule has 0 unspecified atom stereocenters. The molecule has 8 heteroatoms. The van der Waals surface area contributed by atoms with Gasteiger partial charge in [-0.05, 0) is 31.0 Å². The van der Waals surface area contributed by atoms with Gasteiger partial charge in [0.2, 0.25) is 0 Å². The van der Waals surface area contributed by atoms with E-state index < -0.39 is 23.4 Å². The van der Waals surface area contributed by atoms with Gasteiger partial charge in [-0.2, -0.15) is 0 Å². The maximum Gasteiger partial charge on any atom is 0.340 e. The van der Waals surface area contributed by atoms with E-state index in [0.29, 0.717) is 11.3 Å². The molecular weight excluding hydrogens is 326 g/mol. The monoisotopic (exact) mass is 343 g/mol. The smallest absolute Gasteiger partial charge is 0.340 e. The zero-order valence-electron chi connectivity index (χ0n) is 13.7. The van der Waals surface area contributed by atoms with Crippen LogP contribution in [0.1, 0.15) is 21.5 Å². The highest BCUT2D eigenvalue weighted by atomic mass is 16.6. The number of non-ortho nitro benzene ring substituents is 1. The summed E-state index contributed by atoms with van der Waals surface area (Å²) in [7, 11) is 0. The number of rotatable bonds is 5. The first-order valence-corrected chi connectivity index (χ1v) is 7.36. The summed E-state index contributed by atoms with van der Waals surface area (Å²) in [6, 6.07) is 9.03. The molecule has 0 atom stereocenters. The standard InChI is InChI=1S/C17H17N3O5/c1-10-6-7-12(20(23)24)8-14(10)19-15(21)9-25-17(22)13-5-3-4-11(2)16(13)18/h3-8H,9,18H2,1-2H3,(H,19,21). The zero-order valence-corrected chi connectivity index (χ0v) is 13.7. The number of amides is 1. The van der Waals surface area contributed by atoms with Gasteiger partial charge in [-0.1, -0.05) is 18.2 Å². The normalized spacial score (nSPS) is 10.2. The van der Waals surface area contributed by atoms with E-state index in [2.05, 4.69) is 5.32 Å². The molecule has 1 amide bonds. The number of hydrogen-bond donors (Lipinski definition) is 2. The van der Waals surface area contributed by atoms with Crippen LogP contribution in [0.25, 0.3) is 0 Å². The summed E-state index contributed by atoms with van der Waals surface area (Å²) in [6.45, 7) is 2.91. The summed E-state index contributed by atoms with van der Waals surface area (Å²) in [6.07, 6.45) is 0. The van der Waals surface area contributed by atoms with Crippen molar-refractivity contribution >= 4 is 28.9 Å². The second-order valence-electron chi connectivity index (χ2n) is 5.42. The van der Waals surface area contributed by atoms with Crippen LogP contribution in [0, 0.1) is 24.0 Å². The molecule has 0 aliphatic rings. The summed E-state index contributed by atoms with van der Waals surface area (Å²) >= 11 is 0. The summed E-state index contributed by atoms with van der Waals surface area (Å²) < 4.78 is 4.95. The van der Waals surface area contributed by atoms with Crippen molar-refractivity contribution in [1.29, 1.82) is 0 Å². The van der Waals surface area contributed by atoms with Crippen molar-refractivity contribution in [1.82, 2.24) is 0 Å². The van der Waals surface area contributed by atoms with Gasteiger partial charge >= 0.3 is 5.97 Å². The van der Waals surface area contributed by atoms with Crippen LogP contribution in [-0.2, 0) is 9.53 Å². The average molecular weight is 343 g/mol. The maximum atomic E-state index is 12.0. The molecule has 2 aromatic carbocycles. The van der Waals surface area contributed by atoms with Crippen LogP contribution in [0.3, 0.4) is 0 Å². The van der Waals surface area contributed by atoms with Crippen LogP contribution in [0.4, 0.5) is 17.1 Å². The van der Waals surface area contributed by atoms with E-state index in [9.17, 15) is 19.7 Å².